The number of ether oxygens (including phenoxy) is 2. The van der Waals surface area contributed by atoms with Crippen molar-refractivity contribution < 1.29 is 19.1 Å². The van der Waals surface area contributed by atoms with E-state index in [1.54, 1.807) is 6.92 Å². The first-order chi connectivity index (χ1) is 8.17. The molecule has 0 N–H and O–H groups in total. The molecule has 1 atom stereocenters. The van der Waals surface area contributed by atoms with Gasteiger partial charge in [0, 0.05) is 6.42 Å². The Bertz CT molecular complexity index is 303. The Hall–Kier alpha value is -0.900. The van der Waals surface area contributed by atoms with Crippen LogP contribution in [0.4, 0.5) is 0 Å². The maximum Gasteiger partial charge on any atom is 0.343 e. The third-order valence-electron chi connectivity index (χ3n) is 3.67. The molecule has 4 nitrogen and oxygen atoms in total. The van der Waals surface area contributed by atoms with E-state index in [1.807, 2.05) is 0 Å². The molecule has 0 aromatic heterocycles. The second kappa shape index (κ2) is 5.17. The highest BCUT2D eigenvalue weighted by Crippen LogP contribution is 2.39. The quantitative estimate of drug-likeness (QED) is 0.547. The van der Waals surface area contributed by atoms with Gasteiger partial charge in [-0.15, -0.1) is 0 Å². The second-order valence-electron chi connectivity index (χ2n) is 4.99. The number of ketones is 1. The Morgan fingerprint density at radius 2 is 2.00 bits per heavy atom. The van der Waals surface area contributed by atoms with E-state index in [1.165, 1.54) is 12.8 Å². The Labute approximate surface area is 102 Å². The van der Waals surface area contributed by atoms with Gasteiger partial charge >= 0.3 is 5.97 Å². The molecule has 0 radical (unpaired) electrons. The first kappa shape index (κ1) is 12.6. The smallest absolute Gasteiger partial charge is 0.343 e. The molecular formula is C13H20O4. The zero-order valence-corrected chi connectivity index (χ0v) is 10.4. The van der Waals surface area contributed by atoms with E-state index in [-0.39, 0.29) is 11.4 Å². The van der Waals surface area contributed by atoms with Crippen LogP contribution in [0.5, 0.6) is 0 Å². The molecule has 1 heterocycles. The number of rotatable bonds is 2. The summed E-state index contributed by atoms with van der Waals surface area (Å²) in [7, 11) is 0. The minimum atomic E-state index is -0.965. The van der Waals surface area contributed by atoms with Gasteiger partial charge in [-0.05, 0) is 19.8 Å². The molecule has 1 saturated heterocycles. The molecule has 0 aromatic carbocycles. The minimum absolute atomic E-state index is 0.106. The van der Waals surface area contributed by atoms with E-state index in [9.17, 15) is 9.59 Å². The van der Waals surface area contributed by atoms with Crippen LogP contribution in [-0.4, -0.2) is 30.1 Å². The molecular weight excluding hydrogens is 220 g/mol. The predicted octanol–water partition coefficient (Wildman–Crippen LogP) is 2.00. The van der Waals surface area contributed by atoms with Crippen molar-refractivity contribution in [2.24, 2.45) is 0 Å². The normalized spacial score (nSPS) is 28.1. The van der Waals surface area contributed by atoms with Crippen LogP contribution >= 0.6 is 0 Å². The zero-order chi connectivity index (χ0) is 12.3. The standard InChI is InChI=1S/C13H20O4/c1-2-16-12(15)11-10(14)9-13(17-11)7-5-3-4-6-8-13/h11H,2-9H2,1H3. The lowest BCUT2D eigenvalue weighted by Crippen LogP contribution is -2.32. The lowest BCUT2D eigenvalue weighted by molar-refractivity contribution is -0.163. The van der Waals surface area contributed by atoms with Crippen LogP contribution < -0.4 is 0 Å². The van der Waals surface area contributed by atoms with Gasteiger partial charge in [-0.3, -0.25) is 4.79 Å². The largest absolute Gasteiger partial charge is 0.464 e. The van der Waals surface area contributed by atoms with E-state index in [4.69, 9.17) is 9.47 Å². The summed E-state index contributed by atoms with van der Waals surface area (Å²) in [6.07, 6.45) is 5.78. The fourth-order valence-electron chi connectivity index (χ4n) is 2.83. The topological polar surface area (TPSA) is 52.6 Å². The highest BCUT2D eigenvalue weighted by atomic mass is 16.6. The van der Waals surface area contributed by atoms with Crippen molar-refractivity contribution in [1.82, 2.24) is 0 Å². The maximum absolute atomic E-state index is 11.9. The number of hydrogen-bond acceptors (Lipinski definition) is 4. The SMILES string of the molecule is CCOC(=O)C1OC2(CCCCCC2)CC1=O. The molecule has 2 aliphatic rings. The molecule has 96 valence electrons. The van der Waals surface area contributed by atoms with Crippen molar-refractivity contribution in [3.8, 4) is 0 Å². The van der Waals surface area contributed by atoms with Gasteiger partial charge < -0.3 is 9.47 Å². The molecule has 2 rings (SSSR count). The van der Waals surface area contributed by atoms with E-state index < -0.39 is 12.1 Å². The number of Topliss-reactive ketones (excluding diaryl/α,β-unsaturated/α-hetero) is 1. The van der Waals surface area contributed by atoms with Crippen molar-refractivity contribution in [3.05, 3.63) is 0 Å². The van der Waals surface area contributed by atoms with Crippen molar-refractivity contribution >= 4 is 11.8 Å². The summed E-state index contributed by atoms with van der Waals surface area (Å²) in [5.41, 5.74) is -0.370. The van der Waals surface area contributed by atoms with Crippen molar-refractivity contribution in [3.63, 3.8) is 0 Å². The summed E-state index contributed by atoms with van der Waals surface area (Å²) >= 11 is 0. The summed E-state index contributed by atoms with van der Waals surface area (Å²) in [4.78, 5) is 23.5. The highest BCUT2D eigenvalue weighted by Gasteiger charge is 2.49. The molecule has 1 aliphatic carbocycles. The van der Waals surface area contributed by atoms with Gasteiger partial charge in [-0.1, -0.05) is 25.7 Å². The first-order valence-corrected chi connectivity index (χ1v) is 6.54. The molecule has 1 aliphatic heterocycles. The van der Waals surface area contributed by atoms with E-state index >= 15 is 0 Å². The molecule has 1 unspecified atom stereocenters. The lowest BCUT2D eigenvalue weighted by atomic mass is 9.91. The van der Waals surface area contributed by atoms with Crippen LogP contribution in [-0.2, 0) is 19.1 Å². The number of carbonyl (C=O) groups is 2. The molecule has 2 fully saturated rings. The van der Waals surface area contributed by atoms with E-state index in [0.717, 1.165) is 25.7 Å². The molecule has 1 saturated carbocycles. The Morgan fingerprint density at radius 1 is 1.35 bits per heavy atom. The monoisotopic (exact) mass is 240 g/mol. The van der Waals surface area contributed by atoms with Crippen molar-refractivity contribution in [1.29, 1.82) is 0 Å². The van der Waals surface area contributed by atoms with Gasteiger partial charge in [0.15, 0.2) is 5.78 Å². The average molecular weight is 240 g/mol. The van der Waals surface area contributed by atoms with Gasteiger partial charge in [0.05, 0.1) is 12.2 Å². The van der Waals surface area contributed by atoms with E-state index in [0.29, 0.717) is 13.0 Å². The summed E-state index contributed by atoms with van der Waals surface area (Å²) in [6.45, 7) is 2.03. The fourth-order valence-corrected chi connectivity index (χ4v) is 2.83. The van der Waals surface area contributed by atoms with Gasteiger partial charge in [0.25, 0.3) is 0 Å². The number of carbonyl (C=O) groups excluding carboxylic acids is 2. The molecule has 0 aromatic rings. The Balaban J connectivity index is 2.04. The second-order valence-corrected chi connectivity index (χ2v) is 4.99. The molecule has 1 spiro atoms. The van der Waals surface area contributed by atoms with Gasteiger partial charge in [-0.25, -0.2) is 4.79 Å². The first-order valence-electron chi connectivity index (χ1n) is 6.54. The summed E-state index contributed by atoms with van der Waals surface area (Å²) in [6, 6.07) is 0. The Morgan fingerprint density at radius 3 is 2.59 bits per heavy atom. The van der Waals surface area contributed by atoms with Crippen LogP contribution in [0.3, 0.4) is 0 Å². The lowest BCUT2D eigenvalue weighted by Gasteiger charge is -2.26. The highest BCUT2D eigenvalue weighted by molar-refractivity contribution is 6.03. The Kier molecular flexibility index (Phi) is 3.82. The van der Waals surface area contributed by atoms with Crippen LogP contribution in [0.15, 0.2) is 0 Å². The van der Waals surface area contributed by atoms with Crippen LogP contribution in [0.1, 0.15) is 51.9 Å². The summed E-state index contributed by atoms with van der Waals surface area (Å²) < 4.78 is 10.6. The summed E-state index contributed by atoms with van der Waals surface area (Å²) in [5, 5.41) is 0. The fraction of sp³-hybridized carbons (Fsp3) is 0.846. The number of esters is 1. The third-order valence-corrected chi connectivity index (χ3v) is 3.67. The average Bonchev–Trinajstić information content (AvgIpc) is 2.47. The third kappa shape index (κ3) is 2.68. The van der Waals surface area contributed by atoms with Crippen LogP contribution in [0.25, 0.3) is 0 Å². The molecule has 0 amide bonds. The van der Waals surface area contributed by atoms with Crippen LogP contribution in [0.2, 0.25) is 0 Å². The van der Waals surface area contributed by atoms with Crippen LogP contribution in [0, 0.1) is 0 Å². The van der Waals surface area contributed by atoms with Gasteiger partial charge in [0.2, 0.25) is 6.10 Å². The van der Waals surface area contributed by atoms with Crippen molar-refractivity contribution in [2.45, 2.75) is 63.6 Å². The van der Waals surface area contributed by atoms with Gasteiger partial charge in [-0.2, -0.15) is 0 Å². The van der Waals surface area contributed by atoms with E-state index in [2.05, 4.69) is 0 Å². The maximum atomic E-state index is 11.9. The minimum Gasteiger partial charge on any atom is -0.464 e. The predicted molar refractivity (Wildman–Crippen MR) is 61.6 cm³/mol. The molecule has 0 bridgehead atoms. The summed E-state index contributed by atoms with van der Waals surface area (Å²) in [5.74, 6) is -0.621. The molecule has 17 heavy (non-hydrogen) atoms. The zero-order valence-electron chi connectivity index (χ0n) is 10.4. The number of hydrogen-bond donors (Lipinski definition) is 0. The van der Waals surface area contributed by atoms with Gasteiger partial charge in [0.1, 0.15) is 0 Å². The molecule has 4 heteroatoms. The van der Waals surface area contributed by atoms with Crippen molar-refractivity contribution in [2.75, 3.05) is 6.61 Å².